The molecule has 4 rings (SSSR count). The molecule has 1 aliphatic rings. The zero-order valence-electron chi connectivity index (χ0n) is 17.1. The lowest BCUT2D eigenvalue weighted by Gasteiger charge is -2.29. The topological polar surface area (TPSA) is 60.9 Å². The number of ketones is 1. The van der Waals surface area contributed by atoms with Crippen LogP contribution in [0.5, 0.6) is 11.5 Å². The number of anilines is 1. The number of aromatic nitrogens is 1. The number of ether oxygens (including phenoxy) is 3. The Bertz CT molecular complexity index is 1090. The average molecular weight is 404 g/mol. The smallest absolute Gasteiger partial charge is 0.189 e. The molecule has 30 heavy (non-hydrogen) atoms. The number of para-hydroxylation sites is 1. The van der Waals surface area contributed by atoms with Crippen molar-refractivity contribution in [1.29, 1.82) is 0 Å². The monoisotopic (exact) mass is 404 g/mol. The van der Waals surface area contributed by atoms with E-state index in [4.69, 9.17) is 19.2 Å². The molecular weight excluding hydrogens is 380 g/mol. The summed E-state index contributed by atoms with van der Waals surface area (Å²) < 4.78 is 16.1. The third-order valence-electron chi connectivity index (χ3n) is 5.13. The van der Waals surface area contributed by atoms with Gasteiger partial charge >= 0.3 is 0 Å². The summed E-state index contributed by atoms with van der Waals surface area (Å²) in [5.74, 6) is 1.84. The molecule has 0 radical (unpaired) electrons. The lowest BCUT2D eigenvalue weighted by atomic mass is 10.1. The van der Waals surface area contributed by atoms with Gasteiger partial charge in [0.25, 0.3) is 0 Å². The molecule has 154 valence electrons. The molecular formula is C24H24N2O4. The fourth-order valence-electron chi connectivity index (χ4n) is 3.53. The molecule has 2 aromatic carbocycles. The standard InChI is InChI=1S/C24H24N2O4/c1-28-19-8-9-20(23(16-19)29-2)22(27)10-7-18-15-17-5-3-4-6-21(17)25-24(18)26-11-13-30-14-12-26/h3-10,15-16H,11-14H2,1-2H3/b10-7+. The van der Waals surface area contributed by atoms with Crippen LogP contribution in [0.15, 0.2) is 54.6 Å². The quantitative estimate of drug-likeness (QED) is 0.457. The second-order valence-corrected chi connectivity index (χ2v) is 6.96. The number of benzene rings is 2. The van der Waals surface area contributed by atoms with Gasteiger partial charge in [0, 0.05) is 30.1 Å². The number of morpholine rings is 1. The number of carbonyl (C=O) groups excluding carboxylic acids is 1. The second-order valence-electron chi connectivity index (χ2n) is 6.96. The van der Waals surface area contributed by atoms with Gasteiger partial charge < -0.3 is 19.1 Å². The number of hydrogen-bond donors (Lipinski definition) is 0. The summed E-state index contributed by atoms with van der Waals surface area (Å²) in [5.41, 5.74) is 2.31. The van der Waals surface area contributed by atoms with Crippen LogP contribution in [0.3, 0.4) is 0 Å². The van der Waals surface area contributed by atoms with Gasteiger partial charge in [-0.2, -0.15) is 0 Å². The van der Waals surface area contributed by atoms with E-state index < -0.39 is 0 Å². The number of allylic oxidation sites excluding steroid dienone is 1. The molecule has 0 aliphatic carbocycles. The Balaban J connectivity index is 1.70. The molecule has 1 aliphatic heterocycles. The molecule has 6 nitrogen and oxygen atoms in total. The lowest BCUT2D eigenvalue weighted by Crippen LogP contribution is -2.37. The highest BCUT2D eigenvalue weighted by Crippen LogP contribution is 2.28. The van der Waals surface area contributed by atoms with Crippen molar-refractivity contribution in [3.63, 3.8) is 0 Å². The summed E-state index contributed by atoms with van der Waals surface area (Å²) in [6, 6.07) is 15.2. The molecule has 3 aromatic rings. The molecule has 0 atom stereocenters. The van der Waals surface area contributed by atoms with Crippen molar-refractivity contribution >= 4 is 28.6 Å². The summed E-state index contributed by atoms with van der Waals surface area (Å²) in [6.45, 7) is 2.87. The van der Waals surface area contributed by atoms with E-state index in [1.165, 1.54) is 0 Å². The SMILES string of the molecule is COc1ccc(C(=O)/C=C/c2cc3ccccc3nc2N2CCOCC2)c(OC)c1. The Kier molecular flexibility index (Phi) is 5.95. The largest absolute Gasteiger partial charge is 0.497 e. The van der Waals surface area contributed by atoms with Crippen molar-refractivity contribution < 1.29 is 19.0 Å². The van der Waals surface area contributed by atoms with Crippen LogP contribution in [0.2, 0.25) is 0 Å². The molecule has 0 unspecified atom stereocenters. The Morgan fingerprint density at radius 3 is 2.63 bits per heavy atom. The molecule has 0 bridgehead atoms. The molecule has 0 N–H and O–H groups in total. The average Bonchev–Trinajstić information content (AvgIpc) is 2.82. The van der Waals surface area contributed by atoms with Crippen LogP contribution in [-0.2, 0) is 4.74 Å². The number of rotatable bonds is 6. The van der Waals surface area contributed by atoms with Crippen LogP contribution in [0.4, 0.5) is 5.82 Å². The second kappa shape index (κ2) is 8.97. The first-order valence-electron chi connectivity index (χ1n) is 9.86. The number of methoxy groups -OCH3 is 2. The Labute approximate surface area is 175 Å². The van der Waals surface area contributed by atoms with Crippen LogP contribution in [0, 0.1) is 0 Å². The third kappa shape index (κ3) is 4.14. The van der Waals surface area contributed by atoms with E-state index in [9.17, 15) is 4.79 Å². The fourth-order valence-corrected chi connectivity index (χ4v) is 3.53. The number of hydrogen-bond acceptors (Lipinski definition) is 6. The summed E-state index contributed by atoms with van der Waals surface area (Å²) in [6.07, 6.45) is 3.40. The van der Waals surface area contributed by atoms with Gasteiger partial charge in [-0.05, 0) is 36.4 Å². The van der Waals surface area contributed by atoms with Crippen LogP contribution < -0.4 is 14.4 Å². The van der Waals surface area contributed by atoms with Crippen molar-refractivity contribution in [2.45, 2.75) is 0 Å². The van der Waals surface area contributed by atoms with Gasteiger partial charge in [-0.25, -0.2) is 4.98 Å². The fraction of sp³-hybridized carbons (Fsp3) is 0.250. The first-order chi connectivity index (χ1) is 14.7. The highest BCUT2D eigenvalue weighted by Gasteiger charge is 2.17. The zero-order valence-corrected chi connectivity index (χ0v) is 17.1. The van der Waals surface area contributed by atoms with Crippen molar-refractivity contribution in [3.05, 3.63) is 65.7 Å². The van der Waals surface area contributed by atoms with Crippen LogP contribution >= 0.6 is 0 Å². The minimum atomic E-state index is -0.143. The van der Waals surface area contributed by atoms with Gasteiger partial charge in [0.2, 0.25) is 0 Å². The van der Waals surface area contributed by atoms with Crippen molar-refractivity contribution in [2.75, 3.05) is 45.4 Å². The summed E-state index contributed by atoms with van der Waals surface area (Å²) in [7, 11) is 3.12. The maximum Gasteiger partial charge on any atom is 0.189 e. The van der Waals surface area contributed by atoms with E-state index in [2.05, 4.69) is 11.0 Å². The van der Waals surface area contributed by atoms with Gasteiger partial charge in [0.1, 0.15) is 17.3 Å². The van der Waals surface area contributed by atoms with Crippen molar-refractivity contribution in [3.8, 4) is 11.5 Å². The van der Waals surface area contributed by atoms with Gasteiger partial charge in [-0.1, -0.05) is 18.2 Å². The van der Waals surface area contributed by atoms with E-state index in [0.29, 0.717) is 30.3 Å². The van der Waals surface area contributed by atoms with E-state index in [0.717, 1.165) is 35.4 Å². The maximum absolute atomic E-state index is 12.9. The number of nitrogens with zero attached hydrogens (tertiary/aromatic N) is 2. The number of fused-ring (bicyclic) bond motifs is 1. The number of carbonyl (C=O) groups is 1. The van der Waals surface area contributed by atoms with E-state index in [-0.39, 0.29) is 5.78 Å². The van der Waals surface area contributed by atoms with Crippen LogP contribution in [0.1, 0.15) is 15.9 Å². The third-order valence-corrected chi connectivity index (χ3v) is 5.13. The summed E-state index contributed by atoms with van der Waals surface area (Å²) in [5, 5.41) is 1.03. The van der Waals surface area contributed by atoms with Crippen LogP contribution in [0.25, 0.3) is 17.0 Å². The van der Waals surface area contributed by atoms with Crippen molar-refractivity contribution in [2.24, 2.45) is 0 Å². The van der Waals surface area contributed by atoms with E-state index in [1.54, 1.807) is 38.5 Å². The minimum Gasteiger partial charge on any atom is -0.497 e. The number of pyridine rings is 1. The Morgan fingerprint density at radius 2 is 1.87 bits per heavy atom. The first-order valence-corrected chi connectivity index (χ1v) is 9.86. The lowest BCUT2D eigenvalue weighted by molar-refractivity contribution is 0.104. The molecule has 0 saturated carbocycles. The maximum atomic E-state index is 12.9. The van der Waals surface area contributed by atoms with Gasteiger partial charge in [0.05, 0.1) is 38.5 Å². The van der Waals surface area contributed by atoms with Gasteiger partial charge in [-0.3, -0.25) is 4.79 Å². The summed E-state index contributed by atoms with van der Waals surface area (Å²) in [4.78, 5) is 20.0. The molecule has 0 spiro atoms. The van der Waals surface area contributed by atoms with E-state index >= 15 is 0 Å². The molecule has 1 fully saturated rings. The first kappa shape index (κ1) is 19.9. The zero-order chi connectivity index (χ0) is 20.9. The molecule has 0 amide bonds. The summed E-state index contributed by atoms with van der Waals surface area (Å²) >= 11 is 0. The highest BCUT2D eigenvalue weighted by molar-refractivity contribution is 6.09. The normalized spacial score (nSPS) is 14.3. The Hall–Kier alpha value is -3.38. The van der Waals surface area contributed by atoms with E-state index in [1.807, 2.05) is 30.3 Å². The Morgan fingerprint density at radius 1 is 1.07 bits per heavy atom. The minimum absolute atomic E-state index is 0.143. The van der Waals surface area contributed by atoms with Crippen LogP contribution in [-0.4, -0.2) is 51.3 Å². The highest BCUT2D eigenvalue weighted by atomic mass is 16.5. The predicted molar refractivity (Wildman–Crippen MR) is 118 cm³/mol. The molecule has 2 heterocycles. The molecule has 6 heteroatoms. The van der Waals surface area contributed by atoms with Gasteiger partial charge in [0.15, 0.2) is 5.78 Å². The van der Waals surface area contributed by atoms with Gasteiger partial charge in [-0.15, -0.1) is 0 Å². The predicted octanol–water partition coefficient (Wildman–Crippen LogP) is 3.98. The van der Waals surface area contributed by atoms with Crippen molar-refractivity contribution in [1.82, 2.24) is 4.98 Å². The molecule has 1 saturated heterocycles. The molecule has 1 aromatic heterocycles.